The van der Waals surface area contributed by atoms with Crippen molar-refractivity contribution in [2.24, 2.45) is 5.73 Å². The normalized spacial score (nSPS) is 13.3. The molecule has 0 aromatic heterocycles. The van der Waals surface area contributed by atoms with Crippen LogP contribution in [0.15, 0.2) is 64.5 Å². The van der Waals surface area contributed by atoms with Gasteiger partial charge in [-0.2, -0.15) is 4.68 Å². The summed E-state index contributed by atoms with van der Waals surface area (Å²) >= 11 is 1.28. The summed E-state index contributed by atoms with van der Waals surface area (Å²) in [6.45, 7) is 0.725. The summed E-state index contributed by atoms with van der Waals surface area (Å²) in [4.78, 5) is 42.4. The molecule has 3 aliphatic heterocycles. The lowest BCUT2D eigenvalue weighted by molar-refractivity contribution is -0.113. The van der Waals surface area contributed by atoms with Gasteiger partial charge in [-0.1, -0.05) is 48.5 Å². The van der Waals surface area contributed by atoms with Crippen LogP contribution in [0.1, 0.15) is 35.3 Å². The molecule has 0 spiro atoms. The van der Waals surface area contributed by atoms with Crippen molar-refractivity contribution >= 4 is 29.3 Å². The number of nitrogens with zero attached hydrogens (tertiary/aromatic N) is 4. The van der Waals surface area contributed by atoms with E-state index in [2.05, 4.69) is 15.0 Å². The van der Waals surface area contributed by atoms with Gasteiger partial charge < -0.3 is 15.6 Å². The summed E-state index contributed by atoms with van der Waals surface area (Å²) < 4.78 is 3.45. The van der Waals surface area contributed by atoms with Crippen LogP contribution in [0.4, 0.5) is 5.69 Å². The van der Waals surface area contributed by atoms with E-state index in [-0.39, 0.29) is 22.8 Å². The lowest BCUT2D eigenvalue weighted by atomic mass is 10.1. The Kier molecular flexibility index (Phi) is 6.37. The molecule has 9 nitrogen and oxygen atoms in total. The maximum atomic E-state index is 13.3. The van der Waals surface area contributed by atoms with Crippen molar-refractivity contribution in [1.29, 1.82) is 0 Å². The number of hydrogen-bond acceptors (Lipinski definition) is 6. The molecular formula is C25H24N6O3S. The molecule has 0 bridgehead atoms. The van der Waals surface area contributed by atoms with Gasteiger partial charge in [0.25, 0.3) is 11.5 Å². The number of fused-ring (bicyclic) bond motifs is 3. The third-order valence-corrected chi connectivity index (χ3v) is 6.94. The van der Waals surface area contributed by atoms with Gasteiger partial charge in [-0.25, -0.2) is 4.98 Å². The number of rotatable bonds is 6. The third-order valence-electron chi connectivity index (χ3n) is 5.97. The fourth-order valence-electron chi connectivity index (χ4n) is 4.33. The summed E-state index contributed by atoms with van der Waals surface area (Å²) in [5, 5.41) is 7.93. The van der Waals surface area contributed by atoms with Gasteiger partial charge in [-0.3, -0.25) is 14.4 Å². The van der Waals surface area contributed by atoms with Crippen LogP contribution in [0.3, 0.4) is 0 Å². The highest BCUT2D eigenvalue weighted by Gasteiger charge is 2.27. The predicted octanol–water partition coefficient (Wildman–Crippen LogP) is 3.09. The molecule has 0 unspecified atom stereocenters. The largest absolute Gasteiger partial charge is 0.366 e. The van der Waals surface area contributed by atoms with E-state index in [4.69, 9.17) is 10.7 Å². The standard InChI is InChI=1S/C25H24N6O3S/c26-22(33)17-11-6-7-12-18(17)27-20(32)15-35-25-28-23-21(19-13-5-2-8-14-30(19)25)24(34)31(29-23)16-9-3-1-4-10-16/h1,3-4,6-7,9-12H,2,5,8,13-15H2,(H2,26,33)(H,27,32). The first-order valence-corrected chi connectivity index (χ1v) is 12.4. The Balaban J connectivity index is 1.47. The van der Waals surface area contributed by atoms with Crippen molar-refractivity contribution in [2.45, 2.75) is 37.4 Å². The minimum atomic E-state index is -0.607. The Morgan fingerprint density at radius 3 is 2.60 bits per heavy atom. The summed E-state index contributed by atoms with van der Waals surface area (Å²) in [6, 6.07) is 15.9. The van der Waals surface area contributed by atoms with Crippen LogP contribution < -0.4 is 16.6 Å². The Labute approximate surface area is 205 Å². The van der Waals surface area contributed by atoms with Crippen molar-refractivity contribution in [1.82, 2.24) is 19.3 Å². The van der Waals surface area contributed by atoms with Gasteiger partial charge in [0.05, 0.1) is 22.7 Å². The summed E-state index contributed by atoms with van der Waals surface area (Å²) in [6.07, 6.45) is 3.75. The van der Waals surface area contributed by atoms with Crippen LogP contribution in [0.5, 0.6) is 0 Å². The second-order valence-corrected chi connectivity index (χ2v) is 9.24. The average molecular weight is 489 g/mol. The third kappa shape index (κ3) is 4.57. The van der Waals surface area contributed by atoms with Crippen molar-refractivity contribution in [2.75, 3.05) is 11.1 Å². The molecule has 2 aromatic rings. The van der Waals surface area contributed by atoms with E-state index in [9.17, 15) is 14.4 Å². The molecular weight excluding hydrogens is 464 g/mol. The van der Waals surface area contributed by atoms with E-state index in [1.807, 2.05) is 30.3 Å². The molecule has 0 aliphatic carbocycles. The number of carbonyl (C=O) groups is 2. The fourth-order valence-corrected chi connectivity index (χ4v) is 5.17. The molecule has 5 rings (SSSR count). The SMILES string of the molecule is NC(=O)c1ccccc1NC(=O)CSc1nc2nn(-c3ccccc3)c(=O)c-2c2n1CCCCC2. The number of amides is 2. The van der Waals surface area contributed by atoms with Gasteiger partial charge in [0.15, 0.2) is 11.0 Å². The number of nitrogens with two attached hydrogens (primary N) is 1. The smallest absolute Gasteiger partial charge is 0.284 e. The van der Waals surface area contributed by atoms with Gasteiger partial charge in [0.2, 0.25) is 5.91 Å². The van der Waals surface area contributed by atoms with Gasteiger partial charge in [-0.15, -0.1) is 5.10 Å². The Morgan fingerprint density at radius 2 is 1.80 bits per heavy atom. The molecule has 3 N–H and O–H groups in total. The zero-order valence-corrected chi connectivity index (χ0v) is 19.8. The topological polar surface area (TPSA) is 125 Å². The number of primary amides is 1. The summed E-state index contributed by atoms with van der Waals surface area (Å²) in [5.74, 6) is -0.430. The number of nitrogens with one attached hydrogen (secondary N) is 1. The van der Waals surface area contributed by atoms with E-state index in [0.29, 0.717) is 27.9 Å². The Bertz CT molecular complexity index is 1430. The molecule has 178 valence electrons. The van der Waals surface area contributed by atoms with Gasteiger partial charge in [0.1, 0.15) is 5.56 Å². The molecule has 35 heavy (non-hydrogen) atoms. The molecule has 3 heterocycles. The molecule has 3 aliphatic rings. The van der Waals surface area contributed by atoms with Crippen LogP contribution in [-0.2, 0) is 17.8 Å². The van der Waals surface area contributed by atoms with Crippen molar-refractivity contribution < 1.29 is 9.59 Å². The highest BCUT2D eigenvalue weighted by atomic mass is 32.2. The molecule has 0 saturated heterocycles. The maximum absolute atomic E-state index is 13.3. The average Bonchev–Trinajstić information content (AvgIpc) is 3.02. The Hall–Kier alpha value is -3.92. The number of benzene rings is 2. The van der Waals surface area contributed by atoms with E-state index >= 15 is 0 Å². The van der Waals surface area contributed by atoms with Crippen LogP contribution in [0, 0.1) is 0 Å². The maximum Gasteiger partial charge on any atom is 0.284 e. The Morgan fingerprint density at radius 1 is 1.03 bits per heavy atom. The quantitative estimate of drug-likeness (QED) is 0.317. The minimum Gasteiger partial charge on any atom is -0.366 e. The number of hydrogen-bond donors (Lipinski definition) is 2. The molecule has 2 aromatic carbocycles. The molecule has 0 atom stereocenters. The van der Waals surface area contributed by atoms with Gasteiger partial charge in [-0.05, 0) is 43.5 Å². The lowest BCUT2D eigenvalue weighted by Crippen LogP contribution is -2.21. The van der Waals surface area contributed by atoms with Crippen molar-refractivity contribution in [3.8, 4) is 17.1 Å². The lowest BCUT2D eigenvalue weighted by Gasteiger charge is -2.17. The zero-order chi connectivity index (χ0) is 24.4. The van der Waals surface area contributed by atoms with Gasteiger partial charge >= 0.3 is 0 Å². The first kappa shape index (κ1) is 22.9. The van der Waals surface area contributed by atoms with E-state index < -0.39 is 5.91 Å². The van der Waals surface area contributed by atoms with Crippen LogP contribution in [0.2, 0.25) is 0 Å². The highest BCUT2D eigenvalue weighted by Crippen LogP contribution is 2.30. The highest BCUT2D eigenvalue weighted by molar-refractivity contribution is 7.99. The van der Waals surface area contributed by atoms with Crippen LogP contribution >= 0.6 is 11.8 Å². The van der Waals surface area contributed by atoms with E-state index in [0.717, 1.165) is 37.9 Å². The monoisotopic (exact) mass is 488 g/mol. The second-order valence-electron chi connectivity index (χ2n) is 8.30. The van der Waals surface area contributed by atoms with Crippen LogP contribution in [-0.4, -0.2) is 36.9 Å². The molecule has 2 amide bonds. The minimum absolute atomic E-state index is 0.0780. The number of carbonyl (C=O) groups excluding carboxylic acids is 2. The molecule has 0 fully saturated rings. The molecule has 10 heteroatoms. The number of anilines is 1. The summed E-state index contributed by atoms with van der Waals surface area (Å²) in [7, 11) is 0. The van der Waals surface area contributed by atoms with Crippen molar-refractivity contribution in [3.63, 3.8) is 0 Å². The van der Waals surface area contributed by atoms with E-state index in [1.54, 1.807) is 24.3 Å². The predicted molar refractivity (Wildman–Crippen MR) is 134 cm³/mol. The molecule has 0 saturated carbocycles. The first-order chi connectivity index (χ1) is 17.0. The fraction of sp³-hybridized carbons (Fsp3) is 0.240. The number of thioether (sulfide) groups is 1. The van der Waals surface area contributed by atoms with E-state index in [1.165, 1.54) is 16.4 Å². The second kappa shape index (κ2) is 9.75. The van der Waals surface area contributed by atoms with Crippen LogP contribution in [0.25, 0.3) is 17.1 Å². The summed E-state index contributed by atoms with van der Waals surface area (Å²) in [5.41, 5.74) is 8.00. The number of para-hydroxylation sites is 2. The van der Waals surface area contributed by atoms with Crippen molar-refractivity contribution in [3.05, 3.63) is 76.2 Å². The zero-order valence-electron chi connectivity index (χ0n) is 18.9. The molecule has 0 radical (unpaired) electrons. The van der Waals surface area contributed by atoms with Gasteiger partial charge in [0, 0.05) is 12.2 Å². The first-order valence-electron chi connectivity index (χ1n) is 11.4. The number of aromatic nitrogens is 4.